The van der Waals surface area contributed by atoms with Gasteiger partial charge in [-0.2, -0.15) is 13.2 Å². The molecule has 1 aliphatic rings. The second-order valence-corrected chi connectivity index (χ2v) is 6.37. The summed E-state index contributed by atoms with van der Waals surface area (Å²) in [4.78, 5) is 11.4. The van der Waals surface area contributed by atoms with Gasteiger partial charge in [-0.15, -0.1) is 0 Å². The lowest BCUT2D eigenvalue weighted by molar-refractivity contribution is -0.134. The molecule has 1 aliphatic carbocycles. The molecule has 4 nitrogen and oxygen atoms in total. The molecule has 0 spiro atoms. The molecule has 1 rings (SSSR count). The van der Waals surface area contributed by atoms with E-state index in [1.54, 1.807) is 4.72 Å². The van der Waals surface area contributed by atoms with Crippen LogP contribution >= 0.6 is 0 Å². The number of halogens is 3. The highest BCUT2D eigenvalue weighted by Crippen LogP contribution is 2.22. The van der Waals surface area contributed by atoms with Crippen LogP contribution in [-0.2, 0) is 14.8 Å². The lowest BCUT2D eigenvalue weighted by atomic mass is 10.1. The van der Waals surface area contributed by atoms with E-state index in [1.807, 2.05) is 12.2 Å². The zero-order valence-corrected chi connectivity index (χ0v) is 11.1. The third-order valence-corrected chi connectivity index (χ3v) is 4.07. The first-order valence-corrected chi connectivity index (χ1v) is 7.60. The first kappa shape index (κ1) is 16.0. The number of nitrogens with one attached hydrogen (secondary N) is 1. The highest BCUT2D eigenvalue weighted by molar-refractivity contribution is 7.90. The topological polar surface area (TPSA) is 63.2 Å². The predicted octanol–water partition coefficient (Wildman–Crippen LogP) is 2.13. The van der Waals surface area contributed by atoms with Crippen molar-refractivity contribution in [3.63, 3.8) is 0 Å². The van der Waals surface area contributed by atoms with E-state index in [2.05, 4.69) is 0 Å². The van der Waals surface area contributed by atoms with Crippen LogP contribution in [0.3, 0.4) is 0 Å². The number of sulfonamides is 1. The summed E-state index contributed by atoms with van der Waals surface area (Å²) in [6.07, 6.45) is -0.643. The van der Waals surface area contributed by atoms with Gasteiger partial charge in [0.15, 0.2) is 0 Å². The summed E-state index contributed by atoms with van der Waals surface area (Å²) in [5, 5.41) is 0. The fourth-order valence-electron chi connectivity index (χ4n) is 1.83. The van der Waals surface area contributed by atoms with Crippen LogP contribution in [0, 0.1) is 5.92 Å². The van der Waals surface area contributed by atoms with Crippen LogP contribution < -0.4 is 4.72 Å². The molecule has 1 N–H and O–H groups in total. The highest BCUT2D eigenvalue weighted by Gasteiger charge is 2.28. The third-order valence-electron chi connectivity index (χ3n) is 2.70. The number of alkyl halides is 3. The number of carbonyl (C=O) groups excluding carboxylic acids is 1. The van der Waals surface area contributed by atoms with Gasteiger partial charge in [-0.05, 0) is 25.2 Å². The van der Waals surface area contributed by atoms with Gasteiger partial charge in [0.25, 0.3) is 0 Å². The Morgan fingerprint density at radius 2 is 2.05 bits per heavy atom. The molecule has 0 radical (unpaired) electrons. The van der Waals surface area contributed by atoms with Crippen molar-refractivity contribution in [1.82, 2.24) is 4.72 Å². The Hall–Kier alpha value is -1.05. The van der Waals surface area contributed by atoms with E-state index >= 15 is 0 Å². The first-order chi connectivity index (χ1) is 8.68. The molecular weight excluding hydrogens is 283 g/mol. The molecule has 0 bridgehead atoms. The van der Waals surface area contributed by atoms with Gasteiger partial charge in [-0.3, -0.25) is 9.52 Å². The second kappa shape index (κ2) is 6.40. The molecule has 8 heteroatoms. The smallest absolute Gasteiger partial charge is 0.274 e. The Bertz CT molecular complexity index is 443. The van der Waals surface area contributed by atoms with E-state index in [4.69, 9.17) is 0 Å². The molecule has 0 heterocycles. The predicted molar refractivity (Wildman–Crippen MR) is 63.7 cm³/mol. The molecule has 19 heavy (non-hydrogen) atoms. The van der Waals surface area contributed by atoms with Crippen LogP contribution in [0.2, 0.25) is 0 Å². The van der Waals surface area contributed by atoms with Gasteiger partial charge in [0.2, 0.25) is 15.9 Å². The van der Waals surface area contributed by atoms with Gasteiger partial charge in [-0.1, -0.05) is 12.2 Å². The van der Waals surface area contributed by atoms with Crippen LogP contribution in [0.4, 0.5) is 13.2 Å². The van der Waals surface area contributed by atoms with Crippen molar-refractivity contribution in [2.24, 2.45) is 5.92 Å². The van der Waals surface area contributed by atoms with Crippen molar-refractivity contribution >= 4 is 15.9 Å². The van der Waals surface area contributed by atoms with E-state index in [9.17, 15) is 26.4 Å². The average Bonchev–Trinajstić information content (AvgIpc) is 2.66. The molecule has 0 aromatic rings. The Labute approximate surface area is 110 Å². The standard InChI is InChI=1S/C11H16F3NO3S/c12-11(13,14)6-3-7-19(17,18)15-10(16)8-9-4-1-2-5-9/h1,4,9H,2-3,5-8H2,(H,15,16). The van der Waals surface area contributed by atoms with Crippen molar-refractivity contribution in [2.75, 3.05) is 5.75 Å². The summed E-state index contributed by atoms with van der Waals surface area (Å²) in [5.41, 5.74) is 0. The monoisotopic (exact) mass is 299 g/mol. The molecule has 1 unspecified atom stereocenters. The van der Waals surface area contributed by atoms with Crippen molar-refractivity contribution in [2.45, 2.75) is 38.3 Å². The van der Waals surface area contributed by atoms with E-state index in [0.717, 1.165) is 12.8 Å². The molecule has 0 aromatic carbocycles. The minimum absolute atomic E-state index is 0.0189. The largest absolute Gasteiger partial charge is 0.389 e. The average molecular weight is 299 g/mol. The zero-order valence-electron chi connectivity index (χ0n) is 10.2. The van der Waals surface area contributed by atoms with E-state index < -0.39 is 40.7 Å². The minimum Gasteiger partial charge on any atom is -0.274 e. The van der Waals surface area contributed by atoms with Crippen LogP contribution in [-0.4, -0.2) is 26.3 Å². The molecule has 0 aromatic heterocycles. The van der Waals surface area contributed by atoms with Gasteiger partial charge >= 0.3 is 6.18 Å². The number of allylic oxidation sites excluding steroid dienone is 2. The van der Waals surface area contributed by atoms with Gasteiger partial charge in [0.05, 0.1) is 5.75 Å². The maximum Gasteiger partial charge on any atom is 0.389 e. The lowest BCUT2D eigenvalue weighted by Crippen LogP contribution is -2.33. The lowest BCUT2D eigenvalue weighted by Gasteiger charge is -2.10. The quantitative estimate of drug-likeness (QED) is 0.764. The second-order valence-electron chi connectivity index (χ2n) is 4.53. The molecule has 110 valence electrons. The van der Waals surface area contributed by atoms with Crippen LogP contribution in [0.25, 0.3) is 0 Å². The number of carbonyl (C=O) groups is 1. The third kappa shape index (κ3) is 7.19. The normalized spacial score (nSPS) is 19.6. The Morgan fingerprint density at radius 3 is 2.58 bits per heavy atom. The molecular formula is C11H16F3NO3S. The minimum atomic E-state index is -4.38. The summed E-state index contributed by atoms with van der Waals surface area (Å²) in [7, 11) is -3.97. The van der Waals surface area contributed by atoms with Gasteiger partial charge in [0, 0.05) is 12.8 Å². The van der Waals surface area contributed by atoms with E-state index in [1.165, 1.54) is 0 Å². The van der Waals surface area contributed by atoms with Crippen LogP contribution in [0.1, 0.15) is 32.1 Å². The molecule has 0 fully saturated rings. The zero-order chi connectivity index (χ0) is 14.5. The molecule has 0 saturated heterocycles. The number of rotatable bonds is 6. The number of hydrogen-bond donors (Lipinski definition) is 1. The fourth-order valence-corrected chi connectivity index (χ4v) is 2.89. The Balaban J connectivity index is 2.32. The van der Waals surface area contributed by atoms with Gasteiger partial charge in [0.1, 0.15) is 0 Å². The maximum absolute atomic E-state index is 11.9. The Morgan fingerprint density at radius 1 is 1.37 bits per heavy atom. The van der Waals surface area contributed by atoms with Crippen molar-refractivity contribution in [1.29, 1.82) is 0 Å². The van der Waals surface area contributed by atoms with Crippen LogP contribution in [0.5, 0.6) is 0 Å². The summed E-state index contributed by atoms with van der Waals surface area (Å²) < 4.78 is 60.2. The van der Waals surface area contributed by atoms with Crippen molar-refractivity contribution in [3.8, 4) is 0 Å². The summed E-state index contributed by atoms with van der Waals surface area (Å²) in [6, 6.07) is 0. The Kier molecular flexibility index (Phi) is 5.39. The van der Waals surface area contributed by atoms with Gasteiger partial charge < -0.3 is 0 Å². The van der Waals surface area contributed by atoms with Gasteiger partial charge in [-0.25, -0.2) is 8.42 Å². The SMILES string of the molecule is O=C(CC1C=CCC1)NS(=O)(=O)CCCC(F)(F)F. The summed E-state index contributed by atoms with van der Waals surface area (Å²) in [6.45, 7) is 0. The van der Waals surface area contributed by atoms with Crippen molar-refractivity contribution < 1.29 is 26.4 Å². The number of amides is 1. The fraction of sp³-hybridized carbons (Fsp3) is 0.727. The highest BCUT2D eigenvalue weighted by atomic mass is 32.2. The first-order valence-electron chi connectivity index (χ1n) is 5.95. The van der Waals surface area contributed by atoms with E-state index in [-0.39, 0.29) is 12.3 Å². The van der Waals surface area contributed by atoms with Crippen LogP contribution in [0.15, 0.2) is 12.2 Å². The maximum atomic E-state index is 11.9. The van der Waals surface area contributed by atoms with E-state index in [0.29, 0.717) is 0 Å². The number of hydrogen-bond acceptors (Lipinski definition) is 3. The molecule has 0 aliphatic heterocycles. The molecule has 0 saturated carbocycles. The molecule has 1 atom stereocenters. The van der Waals surface area contributed by atoms with Crippen molar-refractivity contribution in [3.05, 3.63) is 12.2 Å². The molecule has 1 amide bonds. The summed E-state index contributed by atoms with van der Waals surface area (Å²) >= 11 is 0. The summed E-state index contributed by atoms with van der Waals surface area (Å²) in [5.74, 6) is -1.34.